The minimum atomic E-state index is 0.165. The average molecular weight is 281 g/mol. The monoisotopic (exact) mass is 281 g/mol. The Labute approximate surface area is 124 Å². The van der Waals surface area contributed by atoms with Crippen molar-refractivity contribution < 1.29 is 4.79 Å². The van der Waals surface area contributed by atoms with Crippen molar-refractivity contribution in [3.63, 3.8) is 0 Å². The van der Waals surface area contributed by atoms with Gasteiger partial charge in [-0.3, -0.25) is 9.78 Å². The number of fused-ring (bicyclic) bond motifs is 1. The van der Waals surface area contributed by atoms with Gasteiger partial charge in [-0.05, 0) is 54.7 Å². The lowest BCUT2D eigenvalue weighted by atomic mass is 9.99. The minimum absolute atomic E-state index is 0.165. The molecule has 0 saturated carbocycles. The highest BCUT2D eigenvalue weighted by Crippen LogP contribution is 2.31. The zero-order chi connectivity index (χ0) is 14.7. The summed E-state index contributed by atoms with van der Waals surface area (Å²) >= 11 is 0. The number of anilines is 2. The van der Waals surface area contributed by atoms with E-state index < -0.39 is 0 Å². The minimum Gasteiger partial charge on any atom is -0.398 e. The second-order valence-electron chi connectivity index (χ2n) is 5.35. The van der Waals surface area contributed by atoms with Gasteiger partial charge < -0.3 is 10.6 Å². The standard InChI is InChI=1S/C17H19N3O/c18-15-4-1-5-16-14(15)3-2-12-20(16)17(21)7-6-13-8-10-19-11-9-13/h1,4-5,8-11H,2-3,6-7,12,18H2. The molecule has 2 aromatic rings. The zero-order valence-corrected chi connectivity index (χ0v) is 12.0. The number of carbonyl (C=O) groups excluding carboxylic acids is 1. The molecule has 2 heterocycles. The van der Waals surface area contributed by atoms with E-state index in [1.54, 1.807) is 12.4 Å². The van der Waals surface area contributed by atoms with Gasteiger partial charge in [0.05, 0.1) is 0 Å². The second kappa shape index (κ2) is 5.95. The summed E-state index contributed by atoms with van der Waals surface area (Å²) in [6.45, 7) is 0.783. The summed E-state index contributed by atoms with van der Waals surface area (Å²) in [7, 11) is 0. The highest BCUT2D eigenvalue weighted by atomic mass is 16.2. The Hall–Kier alpha value is -2.36. The van der Waals surface area contributed by atoms with Crippen LogP contribution in [0.1, 0.15) is 24.0 Å². The summed E-state index contributed by atoms with van der Waals surface area (Å²) in [6, 6.07) is 9.73. The molecule has 0 fully saturated rings. The molecule has 21 heavy (non-hydrogen) atoms. The van der Waals surface area contributed by atoms with Crippen molar-refractivity contribution in [2.75, 3.05) is 17.2 Å². The molecule has 0 bridgehead atoms. The van der Waals surface area contributed by atoms with Gasteiger partial charge in [-0.15, -0.1) is 0 Å². The first-order valence-electron chi connectivity index (χ1n) is 7.32. The molecule has 0 spiro atoms. The number of benzene rings is 1. The van der Waals surface area contributed by atoms with Crippen LogP contribution < -0.4 is 10.6 Å². The Morgan fingerprint density at radius 1 is 1.24 bits per heavy atom. The number of carbonyl (C=O) groups is 1. The van der Waals surface area contributed by atoms with Crippen LogP contribution in [-0.2, 0) is 17.6 Å². The summed E-state index contributed by atoms with van der Waals surface area (Å²) in [5.41, 5.74) is 10.1. The third-order valence-corrected chi connectivity index (χ3v) is 3.96. The largest absolute Gasteiger partial charge is 0.398 e. The van der Waals surface area contributed by atoms with E-state index in [2.05, 4.69) is 4.98 Å². The number of hydrogen-bond acceptors (Lipinski definition) is 3. The van der Waals surface area contributed by atoms with Crippen molar-refractivity contribution in [1.82, 2.24) is 4.98 Å². The first-order chi connectivity index (χ1) is 10.3. The zero-order valence-electron chi connectivity index (χ0n) is 12.0. The molecule has 0 atom stereocenters. The SMILES string of the molecule is Nc1cccc2c1CCCN2C(=O)CCc1ccncc1. The number of hydrogen-bond donors (Lipinski definition) is 1. The predicted octanol–water partition coefficient (Wildman–Crippen LogP) is 2.58. The predicted molar refractivity (Wildman–Crippen MR) is 84.1 cm³/mol. The first kappa shape index (κ1) is 13.6. The number of aryl methyl sites for hydroxylation is 1. The van der Waals surface area contributed by atoms with Gasteiger partial charge in [-0.1, -0.05) is 6.07 Å². The van der Waals surface area contributed by atoms with Crippen LogP contribution in [0.3, 0.4) is 0 Å². The first-order valence-corrected chi connectivity index (χ1v) is 7.32. The fraction of sp³-hybridized carbons (Fsp3) is 0.294. The fourth-order valence-corrected chi connectivity index (χ4v) is 2.85. The van der Waals surface area contributed by atoms with E-state index in [9.17, 15) is 4.79 Å². The fourth-order valence-electron chi connectivity index (χ4n) is 2.85. The molecule has 1 aliphatic heterocycles. The van der Waals surface area contributed by atoms with E-state index >= 15 is 0 Å². The van der Waals surface area contributed by atoms with Crippen LogP contribution in [0.2, 0.25) is 0 Å². The summed E-state index contributed by atoms with van der Waals surface area (Å²) in [5, 5.41) is 0. The van der Waals surface area contributed by atoms with Crippen LogP contribution >= 0.6 is 0 Å². The maximum absolute atomic E-state index is 12.5. The molecule has 0 unspecified atom stereocenters. The van der Waals surface area contributed by atoms with Crippen LogP contribution in [-0.4, -0.2) is 17.4 Å². The number of amides is 1. The lowest BCUT2D eigenvalue weighted by molar-refractivity contribution is -0.118. The molecule has 1 aliphatic rings. The van der Waals surface area contributed by atoms with Gasteiger partial charge >= 0.3 is 0 Å². The Balaban J connectivity index is 1.73. The van der Waals surface area contributed by atoms with Crippen LogP contribution in [0.15, 0.2) is 42.7 Å². The van der Waals surface area contributed by atoms with Gasteiger partial charge in [0.25, 0.3) is 0 Å². The van der Waals surface area contributed by atoms with Crippen molar-refractivity contribution in [2.24, 2.45) is 0 Å². The highest BCUT2D eigenvalue weighted by molar-refractivity contribution is 5.95. The molecule has 108 valence electrons. The number of rotatable bonds is 3. The van der Waals surface area contributed by atoms with Gasteiger partial charge in [-0.25, -0.2) is 0 Å². The van der Waals surface area contributed by atoms with Crippen LogP contribution in [0.4, 0.5) is 11.4 Å². The molecular formula is C17H19N3O. The molecular weight excluding hydrogens is 262 g/mol. The Bertz CT molecular complexity index is 640. The van der Waals surface area contributed by atoms with Gasteiger partial charge in [0.15, 0.2) is 0 Å². The molecule has 0 saturated heterocycles. The van der Waals surface area contributed by atoms with Gasteiger partial charge in [-0.2, -0.15) is 0 Å². The Kier molecular flexibility index (Phi) is 3.86. The quantitative estimate of drug-likeness (QED) is 0.880. The summed E-state index contributed by atoms with van der Waals surface area (Å²) in [5.74, 6) is 0.165. The third-order valence-electron chi connectivity index (χ3n) is 3.96. The summed E-state index contributed by atoms with van der Waals surface area (Å²) in [6.07, 6.45) is 6.71. The Morgan fingerprint density at radius 3 is 2.86 bits per heavy atom. The van der Waals surface area contributed by atoms with E-state index in [-0.39, 0.29) is 5.91 Å². The van der Waals surface area contributed by atoms with E-state index in [0.29, 0.717) is 6.42 Å². The number of pyridine rings is 1. The maximum Gasteiger partial charge on any atom is 0.227 e. The van der Waals surface area contributed by atoms with Crippen molar-refractivity contribution in [1.29, 1.82) is 0 Å². The van der Waals surface area contributed by atoms with Crippen molar-refractivity contribution in [3.8, 4) is 0 Å². The number of nitrogens with two attached hydrogens (primary N) is 1. The van der Waals surface area contributed by atoms with Crippen molar-refractivity contribution >= 4 is 17.3 Å². The molecule has 4 nitrogen and oxygen atoms in total. The van der Waals surface area contributed by atoms with Crippen LogP contribution in [0.5, 0.6) is 0 Å². The average Bonchev–Trinajstić information content (AvgIpc) is 2.53. The van der Waals surface area contributed by atoms with Crippen molar-refractivity contribution in [3.05, 3.63) is 53.9 Å². The van der Waals surface area contributed by atoms with E-state index in [4.69, 9.17) is 5.73 Å². The van der Waals surface area contributed by atoms with E-state index in [1.807, 2.05) is 35.2 Å². The Morgan fingerprint density at radius 2 is 2.05 bits per heavy atom. The molecule has 4 heteroatoms. The van der Waals surface area contributed by atoms with E-state index in [0.717, 1.165) is 48.3 Å². The van der Waals surface area contributed by atoms with Gasteiger partial charge in [0.2, 0.25) is 5.91 Å². The van der Waals surface area contributed by atoms with Crippen LogP contribution in [0.25, 0.3) is 0 Å². The topological polar surface area (TPSA) is 59.2 Å². The van der Waals surface area contributed by atoms with Gasteiger partial charge in [0.1, 0.15) is 0 Å². The molecule has 1 aromatic heterocycles. The highest BCUT2D eigenvalue weighted by Gasteiger charge is 2.23. The lowest BCUT2D eigenvalue weighted by Gasteiger charge is -2.30. The maximum atomic E-state index is 12.5. The number of aromatic nitrogens is 1. The lowest BCUT2D eigenvalue weighted by Crippen LogP contribution is -2.35. The molecule has 3 rings (SSSR count). The molecule has 2 N–H and O–H groups in total. The van der Waals surface area contributed by atoms with Gasteiger partial charge in [0, 0.05) is 36.7 Å². The second-order valence-corrected chi connectivity index (χ2v) is 5.35. The van der Waals surface area contributed by atoms with Crippen LogP contribution in [0, 0.1) is 0 Å². The van der Waals surface area contributed by atoms with Crippen molar-refractivity contribution in [2.45, 2.75) is 25.7 Å². The summed E-state index contributed by atoms with van der Waals surface area (Å²) in [4.78, 5) is 18.4. The van der Waals surface area contributed by atoms with E-state index in [1.165, 1.54) is 0 Å². The molecule has 0 aliphatic carbocycles. The number of nitrogens with zero attached hydrogens (tertiary/aromatic N) is 2. The summed E-state index contributed by atoms with van der Waals surface area (Å²) < 4.78 is 0. The number of nitrogen functional groups attached to an aromatic ring is 1. The third kappa shape index (κ3) is 2.89. The molecule has 0 radical (unpaired) electrons. The molecule has 1 aromatic carbocycles. The molecule has 1 amide bonds. The normalized spacial score (nSPS) is 13.8. The smallest absolute Gasteiger partial charge is 0.227 e.